The third kappa shape index (κ3) is 3.19. The van der Waals surface area contributed by atoms with Gasteiger partial charge in [0, 0.05) is 55.0 Å². The van der Waals surface area contributed by atoms with E-state index in [0.29, 0.717) is 6.61 Å². The number of anilines is 4. The number of nitrogens with zero attached hydrogens (tertiary/aromatic N) is 3. The molecule has 0 spiro atoms. The van der Waals surface area contributed by atoms with Crippen molar-refractivity contribution >= 4 is 22.9 Å². The Morgan fingerprint density at radius 1 is 1.07 bits per heavy atom. The standard InChI is InChI=1S/C21H21N5O/c1-3-15(12-22-7-1)20-14-26(9-10-27-20)17-5-6-18-19(11-17)24-13-16-4-2-8-23-21(16)25-18/h1-8,11-12,20,24H,9-10,13-14H2,(H,23,25). The molecule has 0 amide bonds. The maximum atomic E-state index is 5.97. The first-order valence-corrected chi connectivity index (χ1v) is 9.22. The largest absolute Gasteiger partial charge is 0.379 e. The van der Waals surface area contributed by atoms with Crippen LogP contribution in [0, 0.1) is 0 Å². The fraction of sp³-hybridized carbons (Fsp3) is 0.238. The van der Waals surface area contributed by atoms with E-state index >= 15 is 0 Å². The molecular weight excluding hydrogens is 338 g/mol. The van der Waals surface area contributed by atoms with E-state index in [9.17, 15) is 0 Å². The molecule has 1 saturated heterocycles. The van der Waals surface area contributed by atoms with Gasteiger partial charge in [0.05, 0.1) is 18.0 Å². The van der Waals surface area contributed by atoms with Gasteiger partial charge in [-0.05, 0) is 30.3 Å². The molecule has 0 saturated carbocycles. The van der Waals surface area contributed by atoms with E-state index in [-0.39, 0.29) is 6.10 Å². The van der Waals surface area contributed by atoms with E-state index in [2.05, 4.69) is 55.8 Å². The summed E-state index contributed by atoms with van der Waals surface area (Å²) in [5.41, 5.74) is 5.62. The number of aromatic nitrogens is 2. The van der Waals surface area contributed by atoms with Crippen molar-refractivity contribution in [3.63, 3.8) is 0 Å². The molecule has 4 heterocycles. The van der Waals surface area contributed by atoms with Gasteiger partial charge in [-0.25, -0.2) is 4.98 Å². The zero-order chi connectivity index (χ0) is 18.1. The van der Waals surface area contributed by atoms with Crippen molar-refractivity contribution in [1.82, 2.24) is 9.97 Å². The first-order valence-electron chi connectivity index (χ1n) is 9.22. The van der Waals surface area contributed by atoms with Crippen LogP contribution in [-0.2, 0) is 11.3 Å². The topological polar surface area (TPSA) is 62.3 Å². The first kappa shape index (κ1) is 16.1. The number of morpholine rings is 1. The van der Waals surface area contributed by atoms with Crippen LogP contribution in [0.3, 0.4) is 0 Å². The Kier molecular flexibility index (Phi) is 4.10. The average molecular weight is 359 g/mol. The van der Waals surface area contributed by atoms with Crippen LogP contribution in [-0.4, -0.2) is 29.7 Å². The minimum Gasteiger partial charge on any atom is -0.379 e. The highest BCUT2D eigenvalue weighted by molar-refractivity contribution is 5.79. The lowest BCUT2D eigenvalue weighted by atomic mass is 10.1. The Bertz CT molecular complexity index is 946. The molecule has 1 unspecified atom stereocenters. The highest BCUT2D eigenvalue weighted by Crippen LogP contribution is 2.35. The zero-order valence-corrected chi connectivity index (χ0v) is 14.9. The van der Waals surface area contributed by atoms with Crippen molar-refractivity contribution in [2.45, 2.75) is 12.6 Å². The molecule has 0 bridgehead atoms. The highest BCUT2D eigenvalue weighted by atomic mass is 16.5. The summed E-state index contributed by atoms with van der Waals surface area (Å²) in [6.45, 7) is 3.16. The second kappa shape index (κ2) is 6.89. The van der Waals surface area contributed by atoms with Gasteiger partial charge in [0.1, 0.15) is 11.9 Å². The predicted molar refractivity (Wildman–Crippen MR) is 106 cm³/mol. The summed E-state index contributed by atoms with van der Waals surface area (Å²) in [5.74, 6) is 0.916. The van der Waals surface area contributed by atoms with E-state index in [1.807, 2.05) is 24.5 Å². The molecule has 5 rings (SSSR count). The van der Waals surface area contributed by atoms with Gasteiger partial charge in [-0.3, -0.25) is 4.98 Å². The molecule has 1 atom stereocenters. The summed E-state index contributed by atoms with van der Waals surface area (Å²) in [4.78, 5) is 11.0. The van der Waals surface area contributed by atoms with Gasteiger partial charge in [-0.1, -0.05) is 12.1 Å². The fourth-order valence-electron chi connectivity index (χ4n) is 3.65. The number of rotatable bonds is 2. The van der Waals surface area contributed by atoms with Crippen LogP contribution in [0.2, 0.25) is 0 Å². The van der Waals surface area contributed by atoms with Crippen LogP contribution in [0.4, 0.5) is 22.9 Å². The minimum absolute atomic E-state index is 0.0470. The van der Waals surface area contributed by atoms with Crippen LogP contribution in [0.15, 0.2) is 61.1 Å². The molecule has 136 valence electrons. The van der Waals surface area contributed by atoms with Crippen LogP contribution >= 0.6 is 0 Å². The van der Waals surface area contributed by atoms with Gasteiger partial charge in [0.15, 0.2) is 0 Å². The van der Waals surface area contributed by atoms with Crippen LogP contribution < -0.4 is 15.5 Å². The highest BCUT2D eigenvalue weighted by Gasteiger charge is 2.23. The molecule has 2 aromatic heterocycles. The Labute approximate surface area is 158 Å². The Morgan fingerprint density at radius 2 is 2.04 bits per heavy atom. The predicted octanol–water partition coefficient (Wildman–Crippen LogP) is 3.72. The lowest BCUT2D eigenvalue weighted by Gasteiger charge is -2.35. The molecule has 1 fully saturated rings. The van der Waals surface area contributed by atoms with E-state index in [1.165, 1.54) is 11.3 Å². The maximum absolute atomic E-state index is 5.97. The van der Waals surface area contributed by atoms with Gasteiger partial charge in [0.2, 0.25) is 0 Å². The van der Waals surface area contributed by atoms with E-state index < -0.39 is 0 Å². The van der Waals surface area contributed by atoms with Crippen LogP contribution in [0.5, 0.6) is 0 Å². The number of benzene rings is 1. The Morgan fingerprint density at radius 3 is 2.96 bits per heavy atom. The minimum atomic E-state index is 0.0470. The van der Waals surface area contributed by atoms with Crippen LogP contribution in [0.1, 0.15) is 17.2 Å². The second-order valence-corrected chi connectivity index (χ2v) is 6.81. The number of pyridine rings is 2. The Balaban J connectivity index is 1.39. The summed E-state index contributed by atoms with van der Waals surface area (Å²) in [5, 5.41) is 6.98. The molecule has 2 aliphatic heterocycles. The van der Waals surface area contributed by atoms with E-state index in [4.69, 9.17) is 4.74 Å². The smallest absolute Gasteiger partial charge is 0.135 e. The average Bonchev–Trinajstić information content (AvgIpc) is 2.93. The van der Waals surface area contributed by atoms with Crippen molar-refractivity contribution in [2.24, 2.45) is 0 Å². The van der Waals surface area contributed by atoms with E-state index in [1.54, 1.807) is 6.20 Å². The molecule has 6 heteroatoms. The number of nitrogens with one attached hydrogen (secondary N) is 2. The number of ether oxygens (including phenoxy) is 1. The SMILES string of the molecule is c1cncc(C2CN(c3ccc4c(c3)NCc3cccnc3N4)CCO2)c1. The van der Waals surface area contributed by atoms with Gasteiger partial charge in [-0.15, -0.1) is 0 Å². The quantitative estimate of drug-likeness (QED) is 0.727. The van der Waals surface area contributed by atoms with Gasteiger partial charge >= 0.3 is 0 Å². The van der Waals surface area contributed by atoms with Crippen molar-refractivity contribution in [3.05, 3.63) is 72.2 Å². The number of hydrogen-bond donors (Lipinski definition) is 2. The van der Waals surface area contributed by atoms with Gasteiger partial charge in [0.25, 0.3) is 0 Å². The summed E-state index contributed by atoms with van der Waals surface area (Å²) in [7, 11) is 0. The number of fused-ring (bicyclic) bond motifs is 2. The number of hydrogen-bond acceptors (Lipinski definition) is 6. The van der Waals surface area contributed by atoms with Crippen molar-refractivity contribution in [1.29, 1.82) is 0 Å². The summed E-state index contributed by atoms with van der Waals surface area (Å²) in [6, 6.07) is 14.6. The van der Waals surface area contributed by atoms with E-state index in [0.717, 1.165) is 42.4 Å². The molecule has 1 aromatic carbocycles. The third-order valence-electron chi connectivity index (χ3n) is 5.10. The zero-order valence-electron chi connectivity index (χ0n) is 14.9. The molecule has 2 N–H and O–H groups in total. The first-order chi connectivity index (χ1) is 13.4. The third-order valence-corrected chi connectivity index (χ3v) is 5.10. The summed E-state index contributed by atoms with van der Waals surface area (Å²) >= 11 is 0. The van der Waals surface area contributed by atoms with Crippen molar-refractivity contribution in [2.75, 3.05) is 35.2 Å². The maximum Gasteiger partial charge on any atom is 0.135 e. The lowest BCUT2D eigenvalue weighted by Crippen LogP contribution is -2.38. The fourth-order valence-corrected chi connectivity index (χ4v) is 3.65. The monoisotopic (exact) mass is 359 g/mol. The van der Waals surface area contributed by atoms with Gasteiger partial charge < -0.3 is 20.3 Å². The van der Waals surface area contributed by atoms with Crippen molar-refractivity contribution in [3.8, 4) is 0 Å². The summed E-state index contributed by atoms with van der Waals surface area (Å²) < 4.78 is 5.97. The van der Waals surface area contributed by atoms with Crippen molar-refractivity contribution < 1.29 is 4.74 Å². The Hall–Kier alpha value is -3.12. The lowest BCUT2D eigenvalue weighted by molar-refractivity contribution is 0.0396. The van der Waals surface area contributed by atoms with Gasteiger partial charge in [-0.2, -0.15) is 0 Å². The molecule has 6 nitrogen and oxygen atoms in total. The molecule has 27 heavy (non-hydrogen) atoms. The molecular formula is C21H21N5O. The second-order valence-electron chi connectivity index (χ2n) is 6.81. The van der Waals surface area contributed by atoms with Crippen LogP contribution in [0.25, 0.3) is 0 Å². The molecule has 3 aromatic rings. The normalized spacial score (nSPS) is 18.5. The molecule has 0 aliphatic carbocycles. The molecule has 2 aliphatic rings. The summed E-state index contributed by atoms with van der Waals surface area (Å²) in [6.07, 6.45) is 5.55. The molecule has 0 radical (unpaired) electrons.